The highest BCUT2D eigenvalue weighted by Gasteiger charge is 2.33. The van der Waals surface area contributed by atoms with Crippen LogP contribution in [0.15, 0.2) is 59.5 Å². The van der Waals surface area contributed by atoms with Crippen molar-refractivity contribution < 1.29 is 22.3 Å². The topological polar surface area (TPSA) is 70.2 Å². The summed E-state index contributed by atoms with van der Waals surface area (Å²) < 4.78 is 46.9. The molecule has 0 N–H and O–H groups in total. The molecule has 0 aliphatic carbocycles. The van der Waals surface area contributed by atoms with Gasteiger partial charge in [-0.1, -0.05) is 42.5 Å². The van der Waals surface area contributed by atoms with E-state index in [4.69, 9.17) is 4.74 Å². The molecule has 4 rings (SSSR count). The molecular formula is C23H28FN3O4S. The van der Waals surface area contributed by atoms with Crippen LogP contribution in [-0.4, -0.2) is 80.3 Å². The van der Waals surface area contributed by atoms with Gasteiger partial charge in [0.2, 0.25) is 15.9 Å². The Labute approximate surface area is 188 Å². The van der Waals surface area contributed by atoms with Gasteiger partial charge in [0.05, 0.1) is 18.8 Å². The van der Waals surface area contributed by atoms with Crippen molar-refractivity contribution in [2.45, 2.75) is 24.0 Å². The molecule has 0 radical (unpaired) electrons. The predicted octanol–water partition coefficient (Wildman–Crippen LogP) is 2.12. The van der Waals surface area contributed by atoms with Crippen LogP contribution in [0.2, 0.25) is 0 Å². The van der Waals surface area contributed by atoms with Crippen LogP contribution in [0.3, 0.4) is 0 Å². The molecule has 172 valence electrons. The van der Waals surface area contributed by atoms with Gasteiger partial charge in [-0.15, -0.1) is 0 Å². The fourth-order valence-corrected chi connectivity index (χ4v) is 5.77. The van der Waals surface area contributed by atoms with Crippen LogP contribution >= 0.6 is 0 Å². The lowest BCUT2D eigenvalue weighted by Crippen LogP contribution is -2.54. The molecule has 2 aliphatic rings. The van der Waals surface area contributed by atoms with E-state index in [2.05, 4.69) is 4.90 Å². The van der Waals surface area contributed by atoms with Crippen LogP contribution in [0.5, 0.6) is 0 Å². The average Bonchev–Trinajstić information content (AvgIpc) is 2.79. The third-order valence-electron chi connectivity index (χ3n) is 5.91. The number of rotatable bonds is 5. The van der Waals surface area contributed by atoms with Crippen molar-refractivity contribution in [1.29, 1.82) is 0 Å². The number of halogens is 1. The number of morpholine rings is 1. The molecule has 2 aromatic rings. The van der Waals surface area contributed by atoms with Gasteiger partial charge in [0, 0.05) is 39.3 Å². The summed E-state index contributed by atoms with van der Waals surface area (Å²) in [5.74, 6) is -0.797. The van der Waals surface area contributed by atoms with Crippen LogP contribution in [0.25, 0.3) is 0 Å². The number of piperazine rings is 1. The molecule has 1 amide bonds. The van der Waals surface area contributed by atoms with Gasteiger partial charge in [0.15, 0.2) is 0 Å². The minimum Gasteiger partial charge on any atom is -0.368 e. The molecule has 2 fully saturated rings. The highest BCUT2D eigenvalue weighted by atomic mass is 32.2. The Hall–Kier alpha value is -2.33. The zero-order chi connectivity index (χ0) is 22.7. The fourth-order valence-electron chi connectivity index (χ4n) is 4.28. The number of benzene rings is 2. The molecule has 2 unspecified atom stereocenters. The maximum atomic E-state index is 14.0. The van der Waals surface area contributed by atoms with Crippen molar-refractivity contribution in [1.82, 2.24) is 14.1 Å². The summed E-state index contributed by atoms with van der Waals surface area (Å²) in [6.45, 7) is 4.42. The number of amides is 1. The van der Waals surface area contributed by atoms with Crippen molar-refractivity contribution in [3.05, 3.63) is 66.0 Å². The van der Waals surface area contributed by atoms with Crippen LogP contribution in [0, 0.1) is 5.82 Å². The van der Waals surface area contributed by atoms with Gasteiger partial charge in [-0.3, -0.25) is 9.69 Å². The number of hydrogen-bond acceptors (Lipinski definition) is 5. The van der Waals surface area contributed by atoms with E-state index in [0.29, 0.717) is 13.1 Å². The van der Waals surface area contributed by atoms with Crippen molar-refractivity contribution in [3.63, 3.8) is 0 Å². The van der Waals surface area contributed by atoms with E-state index < -0.39 is 15.8 Å². The van der Waals surface area contributed by atoms with Crippen LogP contribution in [0.4, 0.5) is 4.39 Å². The molecule has 9 heteroatoms. The lowest BCUT2D eigenvalue weighted by Gasteiger charge is -2.39. The van der Waals surface area contributed by atoms with Crippen molar-refractivity contribution in [2.24, 2.45) is 0 Å². The molecule has 7 nitrogen and oxygen atoms in total. The summed E-state index contributed by atoms with van der Waals surface area (Å²) in [6.07, 6.45) is -0.0833. The summed E-state index contributed by atoms with van der Waals surface area (Å²) in [5, 5.41) is 0. The molecule has 2 saturated heterocycles. The van der Waals surface area contributed by atoms with E-state index in [-0.39, 0.29) is 55.7 Å². The highest BCUT2D eigenvalue weighted by molar-refractivity contribution is 7.89. The minimum absolute atomic E-state index is 0.00418. The van der Waals surface area contributed by atoms with Crippen LogP contribution < -0.4 is 0 Å². The van der Waals surface area contributed by atoms with Gasteiger partial charge in [-0.25, -0.2) is 12.8 Å². The summed E-state index contributed by atoms with van der Waals surface area (Å²) in [5.41, 5.74) is 1.09. The van der Waals surface area contributed by atoms with Gasteiger partial charge in [-0.05, 0) is 24.6 Å². The third kappa shape index (κ3) is 5.01. The van der Waals surface area contributed by atoms with Gasteiger partial charge in [0.1, 0.15) is 10.7 Å². The molecule has 0 spiro atoms. The largest absolute Gasteiger partial charge is 0.368 e. The summed E-state index contributed by atoms with van der Waals surface area (Å²) >= 11 is 0. The lowest BCUT2D eigenvalue weighted by atomic mass is 10.1. The predicted molar refractivity (Wildman–Crippen MR) is 118 cm³/mol. The number of carbonyl (C=O) groups is 1. The van der Waals surface area contributed by atoms with E-state index >= 15 is 0 Å². The normalized spacial score (nSPS) is 23.2. The van der Waals surface area contributed by atoms with Crippen molar-refractivity contribution in [2.75, 3.05) is 45.8 Å². The van der Waals surface area contributed by atoms with E-state index in [1.807, 2.05) is 37.3 Å². The number of sulfonamides is 1. The standard InChI is InChI=1S/C23H28FN3O4S/c1-18-15-25(16-21(31-18)19-7-3-2-4-8-19)17-23(28)26-11-13-27(14-12-26)32(29,30)22-10-6-5-9-20(22)24/h2-10,18,21H,11-17H2,1H3. The second-order valence-corrected chi connectivity index (χ2v) is 10.2. The number of ether oxygens (including phenoxy) is 1. The first-order chi connectivity index (χ1) is 15.3. The molecular weight excluding hydrogens is 433 g/mol. The van der Waals surface area contributed by atoms with E-state index in [9.17, 15) is 17.6 Å². The molecule has 0 saturated carbocycles. The Morgan fingerprint density at radius 2 is 1.66 bits per heavy atom. The summed E-state index contributed by atoms with van der Waals surface area (Å²) in [4.78, 5) is 16.4. The number of hydrogen-bond donors (Lipinski definition) is 0. The SMILES string of the molecule is CC1CN(CC(=O)N2CCN(S(=O)(=O)c3ccccc3F)CC2)CC(c2ccccc2)O1. The van der Waals surface area contributed by atoms with Crippen LogP contribution in [-0.2, 0) is 19.6 Å². The van der Waals surface area contributed by atoms with E-state index in [1.165, 1.54) is 22.5 Å². The number of carbonyl (C=O) groups excluding carboxylic acids is 1. The van der Waals surface area contributed by atoms with Crippen molar-refractivity contribution in [3.8, 4) is 0 Å². The average molecular weight is 462 g/mol. The maximum absolute atomic E-state index is 14.0. The Morgan fingerprint density at radius 1 is 1.00 bits per heavy atom. The molecule has 0 aromatic heterocycles. The third-order valence-corrected chi connectivity index (χ3v) is 7.84. The Bertz CT molecular complexity index is 1040. The molecule has 2 aromatic carbocycles. The molecule has 2 heterocycles. The zero-order valence-electron chi connectivity index (χ0n) is 18.1. The second kappa shape index (κ2) is 9.66. The Balaban J connectivity index is 1.34. The van der Waals surface area contributed by atoms with Crippen LogP contribution in [0.1, 0.15) is 18.6 Å². The van der Waals surface area contributed by atoms with Gasteiger partial charge in [-0.2, -0.15) is 4.31 Å². The zero-order valence-corrected chi connectivity index (χ0v) is 18.9. The molecule has 2 aliphatic heterocycles. The lowest BCUT2D eigenvalue weighted by molar-refractivity contribution is -0.137. The Kier molecular flexibility index (Phi) is 6.90. The fraction of sp³-hybridized carbons (Fsp3) is 0.435. The molecule has 32 heavy (non-hydrogen) atoms. The van der Waals surface area contributed by atoms with E-state index in [0.717, 1.165) is 11.6 Å². The second-order valence-electron chi connectivity index (χ2n) is 8.26. The quantitative estimate of drug-likeness (QED) is 0.682. The highest BCUT2D eigenvalue weighted by Crippen LogP contribution is 2.25. The smallest absolute Gasteiger partial charge is 0.246 e. The summed E-state index contributed by atoms with van der Waals surface area (Å²) in [7, 11) is -3.92. The van der Waals surface area contributed by atoms with E-state index in [1.54, 1.807) is 4.90 Å². The molecule has 2 atom stereocenters. The Morgan fingerprint density at radius 3 is 2.34 bits per heavy atom. The first-order valence-electron chi connectivity index (χ1n) is 10.8. The van der Waals surface area contributed by atoms with Gasteiger partial charge in [0.25, 0.3) is 0 Å². The van der Waals surface area contributed by atoms with Gasteiger partial charge >= 0.3 is 0 Å². The monoisotopic (exact) mass is 461 g/mol. The summed E-state index contributed by atoms with van der Waals surface area (Å²) in [6, 6.07) is 15.3. The molecule has 0 bridgehead atoms. The maximum Gasteiger partial charge on any atom is 0.246 e. The number of nitrogens with zero attached hydrogens (tertiary/aromatic N) is 3. The van der Waals surface area contributed by atoms with Gasteiger partial charge < -0.3 is 9.64 Å². The first kappa shape index (κ1) is 22.8. The van der Waals surface area contributed by atoms with Crippen molar-refractivity contribution >= 4 is 15.9 Å². The first-order valence-corrected chi connectivity index (χ1v) is 12.2. The minimum atomic E-state index is -3.92.